The van der Waals surface area contributed by atoms with Gasteiger partial charge < -0.3 is 0 Å². The predicted octanol–water partition coefficient (Wildman–Crippen LogP) is 3.47. The quantitative estimate of drug-likeness (QED) is 0.802. The second kappa shape index (κ2) is 5.33. The highest BCUT2D eigenvalue weighted by Crippen LogP contribution is 2.17. The van der Waals surface area contributed by atoms with Crippen molar-refractivity contribution in [2.24, 2.45) is 0 Å². The Morgan fingerprint density at radius 3 is 2.53 bits per heavy atom. The molecule has 17 heavy (non-hydrogen) atoms. The van der Waals surface area contributed by atoms with Crippen LogP contribution in [-0.2, 0) is 6.54 Å². The van der Waals surface area contributed by atoms with Crippen molar-refractivity contribution in [2.45, 2.75) is 6.54 Å². The molecule has 2 rings (SSSR count). The van der Waals surface area contributed by atoms with Gasteiger partial charge in [0, 0.05) is 5.02 Å². The maximum absolute atomic E-state index is 11.9. The van der Waals surface area contributed by atoms with E-state index in [9.17, 15) is 4.79 Å². The molecule has 0 unspecified atom stereocenters. The Morgan fingerprint density at radius 2 is 1.88 bits per heavy atom. The standard InChI is InChI=1S/C11H7Br2ClN2O/c12-9-5-15-16(11(17)10(9)13)6-7-1-3-8(14)4-2-7/h1-5H,6H2. The monoisotopic (exact) mass is 376 g/mol. The molecule has 2 aromatic rings. The fourth-order valence-electron chi connectivity index (χ4n) is 1.32. The van der Waals surface area contributed by atoms with E-state index in [1.807, 2.05) is 12.1 Å². The highest BCUT2D eigenvalue weighted by atomic mass is 79.9. The Labute approximate surface area is 120 Å². The minimum absolute atomic E-state index is 0.172. The number of nitrogens with zero attached hydrogens (tertiary/aromatic N) is 2. The second-order valence-electron chi connectivity index (χ2n) is 3.40. The molecule has 1 aromatic carbocycles. The van der Waals surface area contributed by atoms with Crippen LogP contribution >= 0.6 is 43.5 Å². The number of hydrogen-bond acceptors (Lipinski definition) is 2. The summed E-state index contributed by atoms with van der Waals surface area (Å²) in [5.41, 5.74) is 0.799. The molecule has 3 nitrogen and oxygen atoms in total. The number of halogens is 3. The molecule has 1 aromatic heterocycles. The van der Waals surface area contributed by atoms with Crippen molar-refractivity contribution in [3.63, 3.8) is 0 Å². The number of hydrogen-bond donors (Lipinski definition) is 0. The summed E-state index contributed by atoms with van der Waals surface area (Å²) in [5.74, 6) is 0. The summed E-state index contributed by atoms with van der Waals surface area (Å²) >= 11 is 12.2. The predicted molar refractivity (Wildman–Crippen MR) is 74.5 cm³/mol. The van der Waals surface area contributed by atoms with Crippen LogP contribution < -0.4 is 5.56 Å². The molecule has 0 radical (unpaired) electrons. The average Bonchev–Trinajstić information content (AvgIpc) is 2.33. The third-order valence-corrected chi connectivity index (χ3v) is 4.34. The van der Waals surface area contributed by atoms with Crippen LogP contribution in [0.2, 0.25) is 5.02 Å². The van der Waals surface area contributed by atoms with Gasteiger partial charge in [-0.1, -0.05) is 23.7 Å². The van der Waals surface area contributed by atoms with Crippen molar-refractivity contribution in [3.8, 4) is 0 Å². The molecule has 0 bridgehead atoms. The van der Waals surface area contributed by atoms with Crippen LogP contribution in [0.15, 0.2) is 44.2 Å². The number of benzene rings is 1. The van der Waals surface area contributed by atoms with E-state index in [-0.39, 0.29) is 5.56 Å². The van der Waals surface area contributed by atoms with Gasteiger partial charge in [-0.2, -0.15) is 5.10 Å². The van der Waals surface area contributed by atoms with Crippen molar-refractivity contribution in [3.05, 3.63) is 60.3 Å². The molecule has 1 heterocycles. The van der Waals surface area contributed by atoms with Crippen LogP contribution in [0, 0.1) is 0 Å². The van der Waals surface area contributed by atoms with E-state index in [1.54, 1.807) is 18.3 Å². The first-order valence-electron chi connectivity index (χ1n) is 4.73. The molecule has 0 amide bonds. The lowest BCUT2D eigenvalue weighted by Crippen LogP contribution is -2.24. The minimum Gasteiger partial charge on any atom is -0.266 e. The van der Waals surface area contributed by atoms with E-state index in [2.05, 4.69) is 37.0 Å². The summed E-state index contributed by atoms with van der Waals surface area (Å²) in [5, 5.41) is 4.72. The van der Waals surface area contributed by atoms with Gasteiger partial charge in [0.05, 0.1) is 17.2 Å². The zero-order chi connectivity index (χ0) is 12.4. The highest BCUT2D eigenvalue weighted by Gasteiger charge is 2.06. The third kappa shape index (κ3) is 2.97. The van der Waals surface area contributed by atoms with Crippen molar-refractivity contribution in [2.75, 3.05) is 0 Å². The lowest BCUT2D eigenvalue weighted by atomic mass is 10.2. The molecule has 0 N–H and O–H groups in total. The molecule has 0 saturated heterocycles. The molecule has 0 aliphatic rings. The Hall–Kier alpha value is -0.650. The number of rotatable bonds is 2. The maximum Gasteiger partial charge on any atom is 0.282 e. The molecule has 88 valence electrons. The normalized spacial score (nSPS) is 10.5. The Kier molecular flexibility index (Phi) is 4.01. The van der Waals surface area contributed by atoms with E-state index in [1.165, 1.54) is 4.68 Å². The summed E-state index contributed by atoms with van der Waals surface area (Å²) in [6.07, 6.45) is 1.58. The Balaban J connectivity index is 2.34. The Morgan fingerprint density at radius 1 is 1.24 bits per heavy atom. The molecule has 0 spiro atoms. The first-order chi connectivity index (χ1) is 8.08. The zero-order valence-corrected chi connectivity index (χ0v) is 12.5. The van der Waals surface area contributed by atoms with Gasteiger partial charge in [-0.15, -0.1) is 0 Å². The van der Waals surface area contributed by atoms with Crippen LogP contribution in [0.5, 0.6) is 0 Å². The van der Waals surface area contributed by atoms with Crippen molar-refractivity contribution >= 4 is 43.5 Å². The molecule has 0 fully saturated rings. The van der Waals surface area contributed by atoms with Crippen molar-refractivity contribution < 1.29 is 0 Å². The van der Waals surface area contributed by atoms with Crippen LogP contribution in [0.4, 0.5) is 0 Å². The summed E-state index contributed by atoms with van der Waals surface area (Å²) < 4.78 is 2.51. The van der Waals surface area contributed by atoms with Crippen LogP contribution in [0.3, 0.4) is 0 Å². The van der Waals surface area contributed by atoms with Gasteiger partial charge >= 0.3 is 0 Å². The highest BCUT2D eigenvalue weighted by molar-refractivity contribution is 9.13. The van der Waals surface area contributed by atoms with Gasteiger partial charge in [0.2, 0.25) is 0 Å². The summed E-state index contributed by atoms with van der Waals surface area (Å²) in [7, 11) is 0. The van der Waals surface area contributed by atoms with Crippen LogP contribution in [0.1, 0.15) is 5.56 Å². The zero-order valence-electron chi connectivity index (χ0n) is 8.53. The lowest BCUT2D eigenvalue weighted by Gasteiger charge is -2.05. The average molecular weight is 378 g/mol. The van der Waals surface area contributed by atoms with E-state index in [0.717, 1.165) is 5.56 Å². The summed E-state index contributed by atoms with van der Waals surface area (Å²) in [6, 6.07) is 7.31. The van der Waals surface area contributed by atoms with Crippen molar-refractivity contribution in [1.82, 2.24) is 9.78 Å². The molecule has 0 saturated carbocycles. The van der Waals surface area contributed by atoms with E-state index >= 15 is 0 Å². The van der Waals surface area contributed by atoms with E-state index in [0.29, 0.717) is 20.5 Å². The summed E-state index contributed by atoms with van der Waals surface area (Å²) in [4.78, 5) is 11.9. The summed E-state index contributed by atoms with van der Waals surface area (Å²) in [6.45, 7) is 0.419. The lowest BCUT2D eigenvalue weighted by molar-refractivity contribution is 0.633. The van der Waals surface area contributed by atoms with Gasteiger partial charge in [0.15, 0.2) is 0 Å². The fraction of sp³-hybridized carbons (Fsp3) is 0.0909. The molecule has 0 aliphatic carbocycles. The maximum atomic E-state index is 11.9. The van der Waals surface area contributed by atoms with Gasteiger partial charge in [-0.05, 0) is 49.6 Å². The van der Waals surface area contributed by atoms with Crippen LogP contribution in [-0.4, -0.2) is 9.78 Å². The topological polar surface area (TPSA) is 34.9 Å². The van der Waals surface area contributed by atoms with Gasteiger partial charge in [0.25, 0.3) is 5.56 Å². The van der Waals surface area contributed by atoms with Gasteiger partial charge in [-0.3, -0.25) is 4.79 Å². The molecular formula is C11H7Br2ClN2O. The Bertz CT molecular complexity index is 595. The molecular weight excluding hydrogens is 371 g/mol. The smallest absolute Gasteiger partial charge is 0.266 e. The van der Waals surface area contributed by atoms with Gasteiger partial charge in [0.1, 0.15) is 4.47 Å². The third-order valence-electron chi connectivity index (χ3n) is 2.19. The second-order valence-corrected chi connectivity index (χ2v) is 5.48. The van der Waals surface area contributed by atoms with E-state index < -0.39 is 0 Å². The first-order valence-corrected chi connectivity index (χ1v) is 6.70. The van der Waals surface area contributed by atoms with Gasteiger partial charge in [-0.25, -0.2) is 4.68 Å². The largest absolute Gasteiger partial charge is 0.282 e. The number of aromatic nitrogens is 2. The molecule has 0 aliphatic heterocycles. The van der Waals surface area contributed by atoms with Crippen LogP contribution in [0.25, 0.3) is 0 Å². The van der Waals surface area contributed by atoms with E-state index in [4.69, 9.17) is 11.6 Å². The fourth-order valence-corrected chi connectivity index (χ4v) is 2.01. The molecule has 6 heteroatoms. The minimum atomic E-state index is -0.172. The SMILES string of the molecule is O=c1c(Br)c(Br)cnn1Cc1ccc(Cl)cc1. The van der Waals surface area contributed by atoms with Crippen molar-refractivity contribution in [1.29, 1.82) is 0 Å². The molecule has 0 atom stereocenters. The first kappa shape index (κ1) is 12.8.